The first kappa shape index (κ1) is 17.1. The lowest BCUT2D eigenvalue weighted by Crippen LogP contribution is -2.03. The van der Waals surface area contributed by atoms with E-state index >= 15 is 0 Å². The molecule has 0 atom stereocenters. The van der Waals surface area contributed by atoms with E-state index in [2.05, 4.69) is 22.9 Å². The van der Waals surface area contributed by atoms with E-state index in [-0.39, 0.29) is 5.69 Å². The molecule has 0 aliphatic carbocycles. The lowest BCUT2D eigenvalue weighted by atomic mass is 10.2. The number of nitro benzene ring substituents is 1. The third-order valence-corrected chi connectivity index (χ3v) is 4.19. The molecule has 0 N–H and O–H groups in total. The van der Waals surface area contributed by atoms with E-state index in [9.17, 15) is 10.1 Å². The largest absolute Gasteiger partial charge is 0.493 e. The topological polar surface area (TPSA) is 61.6 Å². The normalized spacial score (nSPS) is 10.3. The van der Waals surface area contributed by atoms with Gasteiger partial charge in [-0.05, 0) is 24.0 Å². The van der Waals surface area contributed by atoms with Gasteiger partial charge in [-0.2, -0.15) is 11.8 Å². The number of hydrogen-bond acceptors (Lipinski definition) is 5. The van der Waals surface area contributed by atoms with Crippen LogP contribution in [-0.2, 0) is 5.33 Å². The molecule has 0 aliphatic heterocycles. The first-order valence-electron chi connectivity index (χ1n) is 6.25. The number of hydrogen-bond donors (Lipinski definition) is 0. The smallest absolute Gasteiger partial charge is 0.277 e. The van der Waals surface area contributed by atoms with E-state index in [1.807, 2.05) is 11.8 Å². The predicted molar refractivity (Wildman–Crippen MR) is 85.4 cm³/mol. The molecule has 0 saturated carbocycles. The minimum absolute atomic E-state index is 0.0422. The summed E-state index contributed by atoms with van der Waals surface area (Å²) in [5, 5.41) is 11.4. The Morgan fingerprint density at radius 3 is 2.70 bits per heavy atom. The summed E-state index contributed by atoms with van der Waals surface area (Å²) < 4.78 is 10.8. The van der Waals surface area contributed by atoms with Gasteiger partial charge in [0.05, 0.1) is 24.7 Å². The summed E-state index contributed by atoms with van der Waals surface area (Å²) in [5.74, 6) is 3.04. The first-order chi connectivity index (χ1) is 9.63. The van der Waals surface area contributed by atoms with E-state index < -0.39 is 4.92 Å². The van der Waals surface area contributed by atoms with Gasteiger partial charge in [0.15, 0.2) is 11.5 Å². The fourth-order valence-electron chi connectivity index (χ4n) is 1.63. The van der Waals surface area contributed by atoms with Crippen molar-refractivity contribution in [1.29, 1.82) is 0 Å². The second-order valence-corrected chi connectivity index (χ2v) is 5.88. The maximum absolute atomic E-state index is 11.0. The molecule has 0 saturated heterocycles. The van der Waals surface area contributed by atoms with E-state index in [1.54, 1.807) is 6.07 Å². The highest BCUT2D eigenvalue weighted by Crippen LogP contribution is 2.35. The number of rotatable bonds is 9. The van der Waals surface area contributed by atoms with Crippen molar-refractivity contribution in [3.05, 3.63) is 27.8 Å². The molecule has 0 heterocycles. The minimum Gasteiger partial charge on any atom is -0.493 e. The van der Waals surface area contributed by atoms with Gasteiger partial charge in [0.25, 0.3) is 5.69 Å². The molecule has 1 rings (SSSR count). The summed E-state index contributed by atoms with van der Waals surface area (Å²) in [4.78, 5) is 10.6. The van der Waals surface area contributed by atoms with Crippen LogP contribution in [0.2, 0.25) is 0 Å². The molecule has 20 heavy (non-hydrogen) atoms. The summed E-state index contributed by atoms with van der Waals surface area (Å²) in [7, 11) is 1.53. The number of halogens is 1. The monoisotopic (exact) mass is 363 g/mol. The van der Waals surface area contributed by atoms with Gasteiger partial charge in [-0.3, -0.25) is 10.1 Å². The Morgan fingerprint density at radius 1 is 1.40 bits per heavy atom. The van der Waals surface area contributed by atoms with Gasteiger partial charge in [0.2, 0.25) is 0 Å². The van der Waals surface area contributed by atoms with Gasteiger partial charge in [0, 0.05) is 10.9 Å². The summed E-state index contributed by atoms with van der Waals surface area (Å²) in [6.07, 6.45) is 0.898. The van der Waals surface area contributed by atoms with Crippen LogP contribution in [0.25, 0.3) is 0 Å². The Bertz CT molecular complexity index is 456. The molecule has 0 unspecified atom stereocenters. The fourth-order valence-corrected chi connectivity index (χ4v) is 2.69. The van der Waals surface area contributed by atoms with Crippen molar-refractivity contribution in [2.75, 3.05) is 25.2 Å². The highest BCUT2D eigenvalue weighted by Gasteiger charge is 2.18. The summed E-state index contributed by atoms with van der Waals surface area (Å²) in [5.41, 5.74) is 0.612. The summed E-state index contributed by atoms with van der Waals surface area (Å²) >= 11 is 5.08. The number of methoxy groups -OCH3 is 1. The molecular formula is C13H18BrNO4S. The number of thioether (sulfide) groups is 1. The molecule has 0 bridgehead atoms. The quantitative estimate of drug-likeness (QED) is 0.287. The Morgan fingerprint density at radius 2 is 2.15 bits per heavy atom. The molecule has 1 aromatic rings. The van der Waals surface area contributed by atoms with Crippen molar-refractivity contribution in [2.24, 2.45) is 0 Å². The van der Waals surface area contributed by atoms with Crippen molar-refractivity contribution in [3.8, 4) is 11.5 Å². The molecule has 7 heteroatoms. The third kappa shape index (κ3) is 4.86. The predicted octanol–water partition coefficient (Wildman–Crippen LogP) is 4.02. The highest BCUT2D eigenvalue weighted by atomic mass is 79.9. The zero-order chi connectivity index (χ0) is 15.0. The van der Waals surface area contributed by atoms with Crippen LogP contribution in [0.5, 0.6) is 11.5 Å². The number of nitrogens with zero attached hydrogens (tertiary/aromatic N) is 1. The molecule has 0 aromatic heterocycles. The lowest BCUT2D eigenvalue weighted by molar-refractivity contribution is -0.385. The van der Waals surface area contributed by atoms with Crippen molar-refractivity contribution in [3.63, 3.8) is 0 Å². The maximum atomic E-state index is 11.0. The zero-order valence-corrected chi connectivity index (χ0v) is 14.0. The molecule has 112 valence electrons. The number of ether oxygens (including phenoxy) is 2. The second-order valence-electron chi connectivity index (χ2n) is 3.92. The van der Waals surface area contributed by atoms with Crippen LogP contribution >= 0.6 is 27.7 Å². The zero-order valence-electron chi connectivity index (χ0n) is 11.6. The van der Waals surface area contributed by atoms with Crippen molar-refractivity contribution in [1.82, 2.24) is 0 Å². The van der Waals surface area contributed by atoms with Crippen molar-refractivity contribution < 1.29 is 14.4 Å². The molecule has 0 aliphatic rings. The van der Waals surface area contributed by atoms with E-state index in [0.29, 0.717) is 29.0 Å². The third-order valence-electron chi connectivity index (χ3n) is 2.60. The molecule has 0 amide bonds. The average Bonchev–Trinajstić information content (AvgIpc) is 2.46. The van der Waals surface area contributed by atoms with Gasteiger partial charge in [-0.1, -0.05) is 22.9 Å². The van der Waals surface area contributed by atoms with Crippen LogP contribution in [0, 0.1) is 10.1 Å². The average molecular weight is 364 g/mol. The van der Waals surface area contributed by atoms with Crippen molar-refractivity contribution in [2.45, 2.75) is 18.7 Å². The highest BCUT2D eigenvalue weighted by molar-refractivity contribution is 9.08. The van der Waals surface area contributed by atoms with E-state index in [0.717, 1.165) is 17.9 Å². The SMILES string of the molecule is CCSCCCOc1cc([N+](=O)[O-])c(CBr)cc1OC. The number of nitro groups is 1. The van der Waals surface area contributed by atoms with Gasteiger partial charge in [0.1, 0.15) is 0 Å². The Balaban J connectivity index is 2.82. The molecule has 1 aromatic carbocycles. The minimum atomic E-state index is -0.407. The summed E-state index contributed by atoms with van der Waals surface area (Å²) in [6.45, 7) is 2.63. The standard InChI is InChI=1S/C13H18BrNO4S/c1-3-20-6-4-5-19-13-8-11(15(16)17)10(9-14)7-12(13)18-2/h7-8H,3-6,9H2,1-2H3. The summed E-state index contributed by atoms with van der Waals surface area (Å²) in [6, 6.07) is 3.07. The Labute approximate surface area is 131 Å². The van der Waals surface area contributed by atoms with Crippen LogP contribution in [-0.4, -0.2) is 30.1 Å². The Hall–Kier alpha value is -0.950. The molecule has 0 radical (unpaired) electrons. The molecule has 0 fully saturated rings. The van der Waals surface area contributed by atoms with E-state index in [1.165, 1.54) is 13.2 Å². The van der Waals surface area contributed by atoms with Crippen LogP contribution < -0.4 is 9.47 Å². The Kier molecular flexibility index (Phi) is 7.76. The second kappa shape index (κ2) is 9.07. The van der Waals surface area contributed by atoms with Crippen molar-refractivity contribution >= 4 is 33.4 Å². The van der Waals surface area contributed by atoms with Crippen LogP contribution in [0.3, 0.4) is 0 Å². The molecule has 5 nitrogen and oxygen atoms in total. The maximum Gasteiger partial charge on any atom is 0.277 e. The van der Waals surface area contributed by atoms with Crippen LogP contribution in [0.4, 0.5) is 5.69 Å². The number of alkyl halides is 1. The van der Waals surface area contributed by atoms with Crippen LogP contribution in [0.1, 0.15) is 18.9 Å². The van der Waals surface area contributed by atoms with E-state index in [4.69, 9.17) is 9.47 Å². The van der Waals surface area contributed by atoms with Gasteiger partial charge in [-0.25, -0.2) is 0 Å². The van der Waals surface area contributed by atoms with Gasteiger partial charge in [-0.15, -0.1) is 0 Å². The molecular weight excluding hydrogens is 346 g/mol. The lowest BCUT2D eigenvalue weighted by Gasteiger charge is -2.12. The molecule has 0 spiro atoms. The number of benzene rings is 1. The van der Waals surface area contributed by atoms with Gasteiger partial charge < -0.3 is 9.47 Å². The van der Waals surface area contributed by atoms with Crippen LogP contribution in [0.15, 0.2) is 12.1 Å². The fraction of sp³-hybridized carbons (Fsp3) is 0.538. The first-order valence-corrected chi connectivity index (χ1v) is 8.53. The van der Waals surface area contributed by atoms with Gasteiger partial charge >= 0.3 is 0 Å².